The minimum absolute atomic E-state index is 0.872. The third kappa shape index (κ3) is 1.94. The summed E-state index contributed by atoms with van der Waals surface area (Å²) in [7, 11) is 0. The predicted molar refractivity (Wildman–Crippen MR) is 69.1 cm³/mol. The molecule has 1 aromatic heterocycles. The van der Waals surface area contributed by atoms with Crippen LogP contribution in [0.25, 0.3) is 23.8 Å². The molecular weight excluding hydrogens is 194 g/mol. The van der Waals surface area contributed by atoms with E-state index in [4.69, 9.17) is 0 Å². The van der Waals surface area contributed by atoms with E-state index in [0.29, 0.717) is 0 Å². The van der Waals surface area contributed by atoms with Gasteiger partial charge in [-0.1, -0.05) is 49.6 Å². The Morgan fingerprint density at radius 3 is 2.50 bits per heavy atom. The molecule has 0 fully saturated rings. The fourth-order valence-corrected chi connectivity index (χ4v) is 1.65. The van der Waals surface area contributed by atoms with Gasteiger partial charge in [-0.2, -0.15) is 0 Å². The molecule has 0 unspecified atom stereocenters. The van der Waals surface area contributed by atoms with E-state index < -0.39 is 0 Å². The van der Waals surface area contributed by atoms with Gasteiger partial charge in [0.25, 0.3) is 0 Å². The molecule has 16 heavy (non-hydrogen) atoms. The average molecular weight is 207 g/mol. The predicted octanol–water partition coefficient (Wildman–Crippen LogP) is 2.13. The lowest BCUT2D eigenvalue weighted by Crippen LogP contribution is -2.28. The first-order chi connectivity index (χ1) is 7.83. The summed E-state index contributed by atoms with van der Waals surface area (Å²) in [4.78, 5) is 4.26. The lowest BCUT2D eigenvalue weighted by molar-refractivity contribution is 1.23. The van der Waals surface area contributed by atoms with Crippen LogP contribution in [0.3, 0.4) is 0 Å². The van der Waals surface area contributed by atoms with E-state index in [1.165, 1.54) is 0 Å². The van der Waals surface area contributed by atoms with E-state index in [0.717, 1.165) is 21.7 Å². The van der Waals surface area contributed by atoms with Gasteiger partial charge in [0.1, 0.15) is 0 Å². The lowest BCUT2D eigenvalue weighted by Gasteiger charge is -2.01. The fourth-order valence-electron chi connectivity index (χ4n) is 1.65. The Balaban J connectivity index is 2.69. The highest BCUT2D eigenvalue weighted by atomic mass is 14.6. The Hall–Kier alpha value is -2.15. The summed E-state index contributed by atoms with van der Waals surface area (Å²) in [5.41, 5.74) is 2.28. The second kappa shape index (κ2) is 4.58. The molecule has 2 aromatic rings. The van der Waals surface area contributed by atoms with Crippen LogP contribution >= 0.6 is 0 Å². The van der Waals surface area contributed by atoms with Crippen LogP contribution in [0.2, 0.25) is 0 Å². The van der Waals surface area contributed by atoms with Crippen LogP contribution in [0.15, 0.2) is 55.3 Å². The van der Waals surface area contributed by atoms with Crippen LogP contribution in [0.4, 0.5) is 0 Å². The van der Waals surface area contributed by atoms with Crippen LogP contribution < -0.4 is 10.6 Å². The number of pyridine rings is 1. The molecule has 0 aliphatic rings. The molecule has 0 saturated carbocycles. The molecule has 0 atom stereocenters. The Morgan fingerprint density at radius 1 is 1.06 bits per heavy atom. The Labute approximate surface area is 95.1 Å². The lowest BCUT2D eigenvalue weighted by atomic mass is 10.1. The number of aromatic nitrogens is 1. The second-order valence-electron chi connectivity index (χ2n) is 3.49. The van der Waals surface area contributed by atoms with E-state index >= 15 is 0 Å². The number of allylic oxidation sites excluding steroid dienone is 1. The summed E-state index contributed by atoms with van der Waals surface area (Å²) in [6.07, 6.45) is 5.40. The van der Waals surface area contributed by atoms with E-state index in [2.05, 4.69) is 30.3 Å². The van der Waals surface area contributed by atoms with Gasteiger partial charge in [-0.15, -0.1) is 0 Å². The number of benzene rings is 1. The van der Waals surface area contributed by atoms with Crippen molar-refractivity contribution in [2.24, 2.45) is 0 Å². The van der Waals surface area contributed by atoms with Crippen molar-refractivity contribution in [2.75, 3.05) is 0 Å². The maximum atomic E-state index is 4.26. The minimum atomic E-state index is 0.872. The summed E-state index contributed by atoms with van der Waals surface area (Å²) in [5, 5.41) is 1.81. The van der Waals surface area contributed by atoms with Gasteiger partial charge in [0.2, 0.25) is 0 Å². The topological polar surface area (TPSA) is 12.9 Å². The van der Waals surface area contributed by atoms with E-state index in [1.54, 1.807) is 12.3 Å². The van der Waals surface area contributed by atoms with Crippen molar-refractivity contribution in [2.45, 2.75) is 0 Å². The quantitative estimate of drug-likeness (QED) is 0.735. The van der Waals surface area contributed by atoms with Gasteiger partial charge < -0.3 is 0 Å². The monoisotopic (exact) mass is 207 g/mol. The summed E-state index contributed by atoms with van der Waals surface area (Å²) in [6, 6.07) is 12.2. The van der Waals surface area contributed by atoms with Crippen molar-refractivity contribution in [1.29, 1.82) is 0 Å². The third-order valence-electron chi connectivity index (χ3n) is 2.45. The molecule has 0 N–H and O–H groups in total. The number of hydrogen-bond donors (Lipinski definition) is 0. The normalized spacial score (nSPS) is 11.4. The molecule has 0 spiro atoms. The molecule has 2 rings (SSSR count). The van der Waals surface area contributed by atoms with Crippen molar-refractivity contribution in [3.8, 4) is 11.1 Å². The maximum Gasteiger partial charge on any atom is 0.0702 e. The van der Waals surface area contributed by atoms with Crippen molar-refractivity contribution in [3.05, 3.63) is 65.8 Å². The highest BCUT2D eigenvalue weighted by Crippen LogP contribution is 2.12. The van der Waals surface area contributed by atoms with Gasteiger partial charge in [-0.3, -0.25) is 4.98 Å². The molecule has 0 aliphatic heterocycles. The number of rotatable bonds is 2. The van der Waals surface area contributed by atoms with Gasteiger partial charge in [-0.25, -0.2) is 0 Å². The van der Waals surface area contributed by atoms with Gasteiger partial charge in [-0.05, 0) is 23.3 Å². The van der Waals surface area contributed by atoms with Crippen molar-refractivity contribution >= 4 is 12.7 Å². The Kier molecular flexibility index (Phi) is 2.97. The maximum absolute atomic E-state index is 4.26. The molecule has 1 heterocycles. The standard InChI is InChI=1S/C15H13N/c1-3-7-15-12(2)14(10-11-16-15)13-8-5-4-6-9-13/h3-11H,1-2H2/b15-7+. The molecule has 0 aliphatic carbocycles. The smallest absolute Gasteiger partial charge is 0.0702 e. The largest absolute Gasteiger partial charge is 0.256 e. The van der Waals surface area contributed by atoms with Crippen LogP contribution in [0.1, 0.15) is 0 Å². The van der Waals surface area contributed by atoms with E-state index in [1.807, 2.05) is 30.3 Å². The Morgan fingerprint density at radius 2 is 1.81 bits per heavy atom. The molecule has 1 aromatic carbocycles. The molecular formula is C15H13N. The van der Waals surface area contributed by atoms with Gasteiger partial charge >= 0.3 is 0 Å². The van der Waals surface area contributed by atoms with Gasteiger partial charge in [0.15, 0.2) is 0 Å². The number of nitrogens with zero attached hydrogens (tertiary/aromatic N) is 1. The molecule has 0 radical (unpaired) electrons. The first kappa shape index (κ1) is 10.4. The van der Waals surface area contributed by atoms with Crippen molar-refractivity contribution in [1.82, 2.24) is 4.98 Å². The molecule has 0 saturated heterocycles. The Bertz CT molecular complexity index is 597. The zero-order valence-electron chi connectivity index (χ0n) is 9.06. The fraction of sp³-hybridized carbons (Fsp3) is 0. The zero-order chi connectivity index (χ0) is 11.4. The average Bonchev–Trinajstić information content (AvgIpc) is 2.33. The summed E-state index contributed by atoms with van der Waals surface area (Å²) in [6.45, 7) is 7.75. The third-order valence-corrected chi connectivity index (χ3v) is 2.45. The molecule has 78 valence electrons. The highest BCUT2D eigenvalue weighted by Gasteiger charge is 1.97. The molecule has 0 bridgehead atoms. The molecule has 0 amide bonds. The van der Waals surface area contributed by atoms with E-state index in [-0.39, 0.29) is 0 Å². The minimum Gasteiger partial charge on any atom is -0.256 e. The van der Waals surface area contributed by atoms with Crippen molar-refractivity contribution in [3.63, 3.8) is 0 Å². The van der Waals surface area contributed by atoms with Crippen molar-refractivity contribution < 1.29 is 0 Å². The molecule has 1 heteroatoms. The number of hydrogen-bond acceptors (Lipinski definition) is 1. The molecule has 1 nitrogen and oxygen atoms in total. The first-order valence-corrected chi connectivity index (χ1v) is 5.15. The second-order valence-corrected chi connectivity index (χ2v) is 3.49. The van der Waals surface area contributed by atoms with E-state index in [9.17, 15) is 0 Å². The summed E-state index contributed by atoms with van der Waals surface area (Å²) >= 11 is 0. The van der Waals surface area contributed by atoms with Gasteiger partial charge in [0, 0.05) is 11.4 Å². The highest BCUT2D eigenvalue weighted by molar-refractivity contribution is 5.64. The van der Waals surface area contributed by atoms with Gasteiger partial charge in [0.05, 0.1) is 5.35 Å². The van der Waals surface area contributed by atoms with Crippen LogP contribution in [-0.4, -0.2) is 4.98 Å². The summed E-state index contributed by atoms with van der Waals surface area (Å²) < 4.78 is 0. The van der Waals surface area contributed by atoms with Crippen LogP contribution in [0, 0.1) is 0 Å². The SMILES string of the molecule is C=C/C=c1/nccc(-c2ccccc2)c1=C. The van der Waals surface area contributed by atoms with Crippen LogP contribution in [-0.2, 0) is 0 Å². The van der Waals surface area contributed by atoms with Crippen LogP contribution in [0.5, 0.6) is 0 Å². The zero-order valence-corrected chi connectivity index (χ0v) is 9.06. The first-order valence-electron chi connectivity index (χ1n) is 5.15. The summed E-state index contributed by atoms with van der Waals surface area (Å²) in [5.74, 6) is 0.